The number of halogens is 3. The van der Waals surface area contributed by atoms with Gasteiger partial charge in [0.1, 0.15) is 12.1 Å². The van der Waals surface area contributed by atoms with Crippen LogP contribution in [0, 0.1) is 0 Å². The number of hydrogen-bond donors (Lipinski definition) is 1. The van der Waals surface area contributed by atoms with Crippen molar-refractivity contribution in [3.05, 3.63) is 24.2 Å². The minimum Gasteiger partial charge on any atom is -0.480 e. The molecular weight excluding hydrogens is 265 g/mol. The number of anilines is 1. The van der Waals surface area contributed by atoms with Crippen molar-refractivity contribution in [3.8, 4) is 0 Å². The molecule has 0 aliphatic carbocycles. The summed E-state index contributed by atoms with van der Waals surface area (Å²) in [5.41, 5.74) is -0.955. The van der Waals surface area contributed by atoms with Crippen LogP contribution in [-0.2, 0) is 11.0 Å². The van der Waals surface area contributed by atoms with E-state index in [1.807, 2.05) is 0 Å². The van der Waals surface area contributed by atoms with E-state index in [1.165, 1.54) is 24.3 Å². The van der Waals surface area contributed by atoms with Crippen LogP contribution >= 0.6 is 0 Å². The number of hydrogen-bond acceptors (Lipinski definition) is 4. The first-order chi connectivity index (χ1) is 8.79. The Bertz CT molecular complexity index is 623. The summed E-state index contributed by atoms with van der Waals surface area (Å²) in [6.07, 6.45) is -2.04. The van der Waals surface area contributed by atoms with Crippen molar-refractivity contribution in [2.45, 2.75) is 6.18 Å². The van der Waals surface area contributed by atoms with Crippen LogP contribution in [0.3, 0.4) is 0 Å². The quantitative estimate of drug-likeness (QED) is 0.912. The topological polar surface area (TPSA) is 70.7 Å². The summed E-state index contributed by atoms with van der Waals surface area (Å²) in [7, 11) is 1.43. The van der Waals surface area contributed by atoms with Crippen molar-refractivity contribution >= 4 is 17.3 Å². The number of carboxylic acid groups (broad SMARTS) is 1. The van der Waals surface area contributed by atoms with Crippen LogP contribution in [-0.4, -0.2) is 39.3 Å². The zero-order chi connectivity index (χ0) is 14.2. The molecule has 0 radical (unpaired) electrons. The van der Waals surface area contributed by atoms with E-state index in [9.17, 15) is 18.0 Å². The molecule has 6 nitrogen and oxygen atoms in total. The number of alkyl halides is 3. The number of carbonyl (C=O) groups is 1. The molecule has 0 aliphatic heterocycles. The van der Waals surface area contributed by atoms with Gasteiger partial charge in [-0.2, -0.15) is 18.3 Å². The average molecular weight is 274 g/mol. The summed E-state index contributed by atoms with van der Waals surface area (Å²) in [6, 6.07) is 0.834. The number of aromatic nitrogens is 3. The zero-order valence-corrected chi connectivity index (χ0v) is 9.72. The first-order valence-electron chi connectivity index (χ1n) is 5.13. The highest BCUT2D eigenvalue weighted by Crippen LogP contribution is 2.30. The molecule has 2 aromatic heterocycles. The van der Waals surface area contributed by atoms with Gasteiger partial charge in [-0.25, -0.2) is 9.50 Å². The highest BCUT2D eigenvalue weighted by atomic mass is 19.4. The summed E-state index contributed by atoms with van der Waals surface area (Å²) in [5.74, 6) is -0.991. The van der Waals surface area contributed by atoms with E-state index in [4.69, 9.17) is 5.11 Å². The second kappa shape index (κ2) is 4.41. The lowest BCUT2D eigenvalue weighted by Crippen LogP contribution is -2.26. The normalized spacial score (nSPS) is 11.8. The molecule has 2 heterocycles. The van der Waals surface area contributed by atoms with E-state index in [0.29, 0.717) is 0 Å². The van der Waals surface area contributed by atoms with E-state index in [-0.39, 0.29) is 17.9 Å². The molecule has 1 N–H and O–H groups in total. The third-order valence-electron chi connectivity index (χ3n) is 2.39. The Balaban J connectivity index is 2.51. The maximum atomic E-state index is 12.6. The lowest BCUT2D eigenvalue weighted by atomic mass is 10.3. The fraction of sp³-hybridized carbons (Fsp3) is 0.300. The molecule has 0 aliphatic rings. The number of rotatable bonds is 3. The summed E-state index contributed by atoms with van der Waals surface area (Å²) >= 11 is 0. The van der Waals surface area contributed by atoms with Crippen molar-refractivity contribution in [3.63, 3.8) is 0 Å². The van der Waals surface area contributed by atoms with E-state index >= 15 is 0 Å². The SMILES string of the molecule is CN(CC(=O)O)c1nccn2nc(C(F)(F)F)cc12. The van der Waals surface area contributed by atoms with Gasteiger partial charge in [0.05, 0.1) is 0 Å². The molecule has 2 rings (SSSR count). The smallest absolute Gasteiger partial charge is 0.435 e. The number of carboxylic acids is 1. The minimum atomic E-state index is -4.56. The lowest BCUT2D eigenvalue weighted by Gasteiger charge is -2.15. The van der Waals surface area contributed by atoms with Crippen molar-refractivity contribution < 1.29 is 23.1 Å². The first kappa shape index (κ1) is 13.1. The largest absolute Gasteiger partial charge is 0.480 e. The third-order valence-corrected chi connectivity index (χ3v) is 2.39. The first-order valence-corrected chi connectivity index (χ1v) is 5.13. The predicted octanol–water partition coefficient (Wildman–Crippen LogP) is 1.27. The lowest BCUT2D eigenvalue weighted by molar-refractivity contribution is -0.141. The molecule has 2 aromatic rings. The van der Waals surface area contributed by atoms with Gasteiger partial charge in [-0.05, 0) is 0 Å². The Morgan fingerprint density at radius 1 is 1.53 bits per heavy atom. The van der Waals surface area contributed by atoms with Gasteiger partial charge in [0, 0.05) is 25.5 Å². The van der Waals surface area contributed by atoms with Gasteiger partial charge in [-0.3, -0.25) is 4.79 Å². The molecule has 0 fully saturated rings. The van der Waals surface area contributed by atoms with E-state index in [0.717, 1.165) is 10.6 Å². The molecule has 0 saturated heterocycles. The Kier molecular flexibility index (Phi) is 3.05. The van der Waals surface area contributed by atoms with Gasteiger partial charge in [0.25, 0.3) is 0 Å². The van der Waals surface area contributed by atoms with E-state index < -0.39 is 17.8 Å². The monoisotopic (exact) mass is 274 g/mol. The molecule has 9 heteroatoms. The molecular formula is C10H9F3N4O2. The fourth-order valence-corrected chi connectivity index (χ4v) is 1.62. The summed E-state index contributed by atoms with van der Waals surface area (Å²) in [4.78, 5) is 15.7. The van der Waals surface area contributed by atoms with E-state index in [1.54, 1.807) is 0 Å². The standard InChI is InChI=1S/C10H9F3N4O2/c1-16(5-8(18)19)9-6-4-7(10(11,12)13)15-17(6)3-2-14-9/h2-4H,5H2,1H3,(H,18,19). The highest BCUT2D eigenvalue weighted by Gasteiger charge is 2.34. The predicted molar refractivity (Wildman–Crippen MR) is 58.9 cm³/mol. The third kappa shape index (κ3) is 2.59. The highest BCUT2D eigenvalue weighted by molar-refractivity contribution is 5.77. The molecule has 102 valence electrons. The average Bonchev–Trinajstić information content (AvgIpc) is 2.70. The second-order valence-corrected chi connectivity index (χ2v) is 3.86. The van der Waals surface area contributed by atoms with Crippen LogP contribution in [0.2, 0.25) is 0 Å². The van der Waals surface area contributed by atoms with Crippen molar-refractivity contribution in [1.82, 2.24) is 14.6 Å². The van der Waals surface area contributed by atoms with Gasteiger partial charge in [-0.15, -0.1) is 0 Å². The number of aliphatic carboxylic acids is 1. The van der Waals surface area contributed by atoms with Crippen LogP contribution in [0.1, 0.15) is 5.69 Å². The molecule has 0 saturated carbocycles. The summed E-state index contributed by atoms with van der Waals surface area (Å²) in [5, 5.41) is 12.1. The Morgan fingerprint density at radius 3 is 2.79 bits per heavy atom. The fourth-order valence-electron chi connectivity index (χ4n) is 1.62. The number of nitrogens with zero attached hydrogens (tertiary/aromatic N) is 4. The van der Waals surface area contributed by atoms with Crippen molar-refractivity contribution in [2.75, 3.05) is 18.5 Å². The molecule has 0 unspecified atom stereocenters. The number of likely N-dealkylation sites (N-methyl/N-ethyl adjacent to an activating group) is 1. The maximum Gasteiger partial charge on any atom is 0.435 e. The molecule has 0 spiro atoms. The molecule has 0 aromatic carbocycles. The van der Waals surface area contributed by atoms with Crippen LogP contribution in [0.25, 0.3) is 5.52 Å². The molecule has 19 heavy (non-hydrogen) atoms. The van der Waals surface area contributed by atoms with Crippen molar-refractivity contribution in [1.29, 1.82) is 0 Å². The second-order valence-electron chi connectivity index (χ2n) is 3.86. The van der Waals surface area contributed by atoms with Gasteiger partial charge in [0.15, 0.2) is 11.5 Å². The Hall–Kier alpha value is -2.32. The summed E-state index contributed by atoms with van der Waals surface area (Å²) < 4.78 is 38.7. The van der Waals surface area contributed by atoms with Gasteiger partial charge in [0.2, 0.25) is 0 Å². The van der Waals surface area contributed by atoms with Crippen LogP contribution in [0.15, 0.2) is 18.5 Å². The van der Waals surface area contributed by atoms with Crippen LogP contribution in [0.5, 0.6) is 0 Å². The zero-order valence-electron chi connectivity index (χ0n) is 9.72. The Labute approximate surface area is 105 Å². The van der Waals surface area contributed by atoms with Crippen molar-refractivity contribution in [2.24, 2.45) is 0 Å². The summed E-state index contributed by atoms with van der Waals surface area (Å²) in [6.45, 7) is -0.376. The van der Waals surface area contributed by atoms with Gasteiger partial charge >= 0.3 is 12.1 Å². The van der Waals surface area contributed by atoms with E-state index in [2.05, 4.69) is 10.1 Å². The van der Waals surface area contributed by atoms with Gasteiger partial charge < -0.3 is 10.0 Å². The Morgan fingerprint density at radius 2 is 2.21 bits per heavy atom. The molecule has 0 atom stereocenters. The maximum absolute atomic E-state index is 12.6. The van der Waals surface area contributed by atoms with Crippen LogP contribution in [0.4, 0.5) is 19.0 Å². The number of fused-ring (bicyclic) bond motifs is 1. The van der Waals surface area contributed by atoms with Gasteiger partial charge in [-0.1, -0.05) is 0 Å². The molecule has 0 amide bonds. The van der Waals surface area contributed by atoms with Crippen LogP contribution < -0.4 is 4.90 Å². The minimum absolute atomic E-state index is 0.0959. The molecule has 0 bridgehead atoms.